The van der Waals surface area contributed by atoms with Gasteiger partial charge in [0.1, 0.15) is 0 Å². The van der Waals surface area contributed by atoms with E-state index in [1.165, 1.54) is 0 Å². The third kappa shape index (κ3) is 2.24. The van der Waals surface area contributed by atoms with Gasteiger partial charge in [0.05, 0.1) is 6.10 Å². The zero-order chi connectivity index (χ0) is 8.27. The molecule has 0 aliphatic heterocycles. The molecule has 0 spiro atoms. The number of aliphatic hydroxyl groups is 1. The molecule has 0 saturated carbocycles. The SMILES string of the molecule is C/C(=C\c1ccc[nH]1)C(C)O. The Balaban J connectivity index is 2.74. The minimum atomic E-state index is -0.363. The van der Waals surface area contributed by atoms with Crippen molar-refractivity contribution in [2.75, 3.05) is 0 Å². The van der Waals surface area contributed by atoms with Crippen LogP contribution >= 0.6 is 0 Å². The van der Waals surface area contributed by atoms with Crippen molar-refractivity contribution in [3.8, 4) is 0 Å². The summed E-state index contributed by atoms with van der Waals surface area (Å²) in [6.07, 6.45) is 3.43. The molecule has 1 aromatic rings. The van der Waals surface area contributed by atoms with Crippen LogP contribution in [0.5, 0.6) is 0 Å². The van der Waals surface area contributed by atoms with Gasteiger partial charge in [-0.25, -0.2) is 0 Å². The van der Waals surface area contributed by atoms with E-state index < -0.39 is 0 Å². The number of aromatic amines is 1. The molecule has 11 heavy (non-hydrogen) atoms. The summed E-state index contributed by atoms with van der Waals surface area (Å²) in [5.74, 6) is 0. The van der Waals surface area contributed by atoms with Crippen LogP contribution in [-0.2, 0) is 0 Å². The van der Waals surface area contributed by atoms with E-state index in [-0.39, 0.29) is 6.10 Å². The lowest BCUT2D eigenvalue weighted by atomic mass is 10.1. The maximum Gasteiger partial charge on any atom is 0.0723 e. The molecule has 0 amide bonds. The van der Waals surface area contributed by atoms with Crippen LogP contribution in [0, 0.1) is 0 Å². The first-order valence-corrected chi connectivity index (χ1v) is 3.70. The quantitative estimate of drug-likeness (QED) is 0.664. The van der Waals surface area contributed by atoms with Gasteiger partial charge in [0.2, 0.25) is 0 Å². The first-order valence-electron chi connectivity index (χ1n) is 3.70. The number of H-pyrrole nitrogens is 1. The molecular formula is C9H13NO. The first-order chi connectivity index (χ1) is 5.20. The van der Waals surface area contributed by atoms with E-state index in [4.69, 9.17) is 5.11 Å². The second-order valence-electron chi connectivity index (χ2n) is 2.69. The lowest BCUT2D eigenvalue weighted by Gasteiger charge is -2.02. The Bertz CT molecular complexity index is 234. The molecule has 0 radical (unpaired) electrons. The predicted octanol–water partition coefficient (Wildman–Crippen LogP) is 1.80. The van der Waals surface area contributed by atoms with E-state index in [1.807, 2.05) is 31.3 Å². The summed E-state index contributed by atoms with van der Waals surface area (Å²) in [4.78, 5) is 3.04. The maximum atomic E-state index is 9.14. The molecule has 2 heteroatoms. The molecule has 0 saturated heterocycles. The Hall–Kier alpha value is -1.02. The van der Waals surface area contributed by atoms with Gasteiger partial charge >= 0.3 is 0 Å². The second-order valence-corrected chi connectivity index (χ2v) is 2.69. The monoisotopic (exact) mass is 151 g/mol. The van der Waals surface area contributed by atoms with Crippen molar-refractivity contribution < 1.29 is 5.11 Å². The second kappa shape index (κ2) is 3.39. The van der Waals surface area contributed by atoms with Crippen molar-refractivity contribution in [2.45, 2.75) is 20.0 Å². The van der Waals surface area contributed by atoms with Crippen LogP contribution in [0.25, 0.3) is 6.08 Å². The van der Waals surface area contributed by atoms with Crippen molar-refractivity contribution in [1.29, 1.82) is 0 Å². The standard InChI is InChI=1S/C9H13NO/c1-7(8(2)11)6-9-4-3-5-10-9/h3-6,8,10-11H,1-2H3/b7-6+. The number of hydrogen-bond donors (Lipinski definition) is 2. The van der Waals surface area contributed by atoms with Crippen LogP contribution in [-0.4, -0.2) is 16.2 Å². The number of aromatic nitrogens is 1. The Kier molecular flexibility index (Phi) is 2.49. The normalized spacial score (nSPS) is 15.0. The van der Waals surface area contributed by atoms with Crippen LogP contribution in [0.2, 0.25) is 0 Å². The molecule has 0 fully saturated rings. The van der Waals surface area contributed by atoms with Crippen LogP contribution in [0.1, 0.15) is 19.5 Å². The lowest BCUT2D eigenvalue weighted by Crippen LogP contribution is -2.00. The number of hydrogen-bond acceptors (Lipinski definition) is 1. The highest BCUT2D eigenvalue weighted by Crippen LogP contribution is 2.06. The van der Waals surface area contributed by atoms with Gasteiger partial charge in [-0.1, -0.05) is 0 Å². The molecule has 1 atom stereocenters. The molecule has 0 aliphatic rings. The molecule has 0 bridgehead atoms. The molecule has 0 aromatic carbocycles. The molecule has 1 heterocycles. The van der Waals surface area contributed by atoms with E-state index >= 15 is 0 Å². The van der Waals surface area contributed by atoms with Gasteiger partial charge in [0.25, 0.3) is 0 Å². The number of nitrogens with one attached hydrogen (secondary N) is 1. The Morgan fingerprint density at radius 2 is 2.45 bits per heavy atom. The summed E-state index contributed by atoms with van der Waals surface area (Å²) in [5.41, 5.74) is 2.00. The fourth-order valence-corrected chi connectivity index (χ4v) is 0.800. The van der Waals surface area contributed by atoms with Crippen molar-refractivity contribution in [1.82, 2.24) is 4.98 Å². The summed E-state index contributed by atoms with van der Waals surface area (Å²) in [5, 5.41) is 9.14. The molecule has 1 aromatic heterocycles. The van der Waals surface area contributed by atoms with Crippen molar-refractivity contribution in [3.63, 3.8) is 0 Å². The largest absolute Gasteiger partial charge is 0.389 e. The van der Waals surface area contributed by atoms with Gasteiger partial charge < -0.3 is 10.1 Å². The minimum absolute atomic E-state index is 0.363. The Labute approximate surface area is 66.6 Å². The summed E-state index contributed by atoms with van der Waals surface area (Å²) in [6.45, 7) is 3.67. The summed E-state index contributed by atoms with van der Waals surface area (Å²) in [6, 6.07) is 3.90. The van der Waals surface area contributed by atoms with E-state index in [0.29, 0.717) is 0 Å². The third-order valence-corrected chi connectivity index (χ3v) is 1.66. The highest BCUT2D eigenvalue weighted by atomic mass is 16.3. The number of aliphatic hydroxyl groups excluding tert-OH is 1. The predicted molar refractivity (Wildman–Crippen MR) is 46.1 cm³/mol. The lowest BCUT2D eigenvalue weighted by molar-refractivity contribution is 0.232. The molecule has 60 valence electrons. The average molecular weight is 151 g/mol. The fraction of sp³-hybridized carbons (Fsp3) is 0.333. The Morgan fingerprint density at radius 1 is 1.73 bits per heavy atom. The van der Waals surface area contributed by atoms with Crippen molar-refractivity contribution in [2.24, 2.45) is 0 Å². The molecule has 2 nitrogen and oxygen atoms in total. The maximum absolute atomic E-state index is 9.14. The van der Waals surface area contributed by atoms with Crippen molar-refractivity contribution in [3.05, 3.63) is 29.6 Å². The molecule has 2 N–H and O–H groups in total. The summed E-state index contributed by atoms with van der Waals surface area (Å²) >= 11 is 0. The minimum Gasteiger partial charge on any atom is -0.389 e. The fourth-order valence-electron chi connectivity index (χ4n) is 0.800. The van der Waals surface area contributed by atoms with E-state index in [1.54, 1.807) is 6.92 Å². The first kappa shape index (κ1) is 8.08. The van der Waals surface area contributed by atoms with E-state index in [9.17, 15) is 0 Å². The van der Waals surface area contributed by atoms with Crippen LogP contribution in [0.15, 0.2) is 23.9 Å². The van der Waals surface area contributed by atoms with Gasteiger partial charge in [0.15, 0.2) is 0 Å². The average Bonchev–Trinajstić information content (AvgIpc) is 2.39. The summed E-state index contributed by atoms with van der Waals surface area (Å²) < 4.78 is 0. The number of rotatable bonds is 2. The zero-order valence-corrected chi connectivity index (χ0v) is 6.83. The van der Waals surface area contributed by atoms with Crippen molar-refractivity contribution >= 4 is 6.08 Å². The molecule has 1 unspecified atom stereocenters. The third-order valence-electron chi connectivity index (χ3n) is 1.66. The summed E-state index contributed by atoms with van der Waals surface area (Å²) in [7, 11) is 0. The van der Waals surface area contributed by atoms with Gasteiger partial charge in [-0.3, -0.25) is 0 Å². The smallest absolute Gasteiger partial charge is 0.0723 e. The molecule has 1 rings (SSSR count). The van der Waals surface area contributed by atoms with Crippen LogP contribution in [0.3, 0.4) is 0 Å². The highest BCUT2D eigenvalue weighted by molar-refractivity contribution is 5.49. The Morgan fingerprint density at radius 3 is 2.91 bits per heavy atom. The van der Waals surface area contributed by atoms with Crippen LogP contribution in [0.4, 0.5) is 0 Å². The highest BCUT2D eigenvalue weighted by Gasteiger charge is 1.97. The topological polar surface area (TPSA) is 36.0 Å². The van der Waals surface area contributed by atoms with Gasteiger partial charge in [-0.05, 0) is 37.6 Å². The molecule has 0 aliphatic carbocycles. The van der Waals surface area contributed by atoms with E-state index in [0.717, 1.165) is 11.3 Å². The van der Waals surface area contributed by atoms with E-state index in [2.05, 4.69) is 4.98 Å². The van der Waals surface area contributed by atoms with Gasteiger partial charge in [0, 0.05) is 11.9 Å². The van der Waals surface area contributed by atoms with Crippen LogP contribution < -0.4 is 0 Å². The van der Waals surface area contributed by atoms with Gasteiger partial charge in [-0.2, -0.15) is 0 Å². The molecular weight excluding hydrogens is 138 g/mol. The zero-order valence-electron chi connectivity index (χ0n) is 6.83. The van der Waals surface area contributed by atoms with Gasteiger partial charge in [-0.15, -0.1) is 0 Å².